The Bertz CT molecular complexity index is 614. The van der Waals surface area contributed by atoms with E-state index < -0.39 is 0 Å². The van der Waals surface area contributed by atoms with E-state index in [1.165, 1.54) is 19.4 Å². The fourth-order valence-corrected chi connectivity index (χ4v) is 3.08. The van der Waals surface area contributed by atoms with Crippen molar-refractivity contribution in [2.75, 3.05) is 27.2 Å². The van der Waals surface area contributed by atoms with Gasteiger partial charge in [-0.3, -0.25) is 9.97 Å². The van der Waals surface area contributed by atoms with Gasteiger partial charge < -0.3 is 9.64 Å². The van der Waals surface area contributed by atoms with Gasteiger partial charge in [-0.2, -0.15) is 0 Å². The summed E-state index contributed by atoms with van der Waals surface area (Å²) in [5, 5.41) is 0. The molecule has 0 spiro atoms. The van der Waals surface area contributed by atoms with Gasteiger partial charge in [-0.1, -0.05) is 12.1 Å². The fourth-order valence-electron chi connectivity index (χ4n) is 3.08. The van der Waals surface area contributed by atoms with Crippen molar-refractivity contribution < 1.29 is 4.74 Å². The first-order valence-electron chi connectivity index (χ1n) is 7.42. The van der Waals surface area contributed by atoms with E-state index in [-0.39, 0.29) is 0 Å². The van der Waals surface area contributed by atoms with E-state index in [4.69, 9.17) is 4.74 Å². The number of aromatic nitrogens is 2. The number of likely N-dealkylation sites (N-methyl/N-ethyl adjacent to an activating group) is 1. The smallest absolute Gasteiger partial charge is 0.128 e. The van der Waals surface area contributed by atoms with Crippen LogP contribution in [0.4, 0.5) is 0 Å². The van der Waals surface area contributed by atoms with Gasteiger partial charge in [0.25, 0.3) is 0 Å². The van der Waals surface area contributed by atoms with E-state index in [1.807, 2.05) is 18.2 Å². The van der Waals surface area contributed by atoms with Gasteiger partial charge in [-0.15, -0.1) is 0 Å². The van der Waals surface area contributed by atoms with Gasteiger partial charge in [0.15, 0.2) is 0 Å². The number of nitrogens with zero attached hydrogens (tertiary/aromatic N) is 3. The van der Waals surface area contributed by atoms with Crippen molar-refractivity contribution in [2.24, 2.45) is 0 Å². The molecule has 3 rings (SSSR count). The lowest BCUT2D eigenvalue weighted by atomic mass is 9.91. The molecule has 4 heteroatoms. The minimum Gasteiger partial charge on any atom is -0.496 e. The summed E-state index contributed by atoms with van der Waals surface area (Å²) in [5.41, 5.74) is 3.07. The Hall–Kier alpha value is -1.94. The maximum atomic E-state index is 5.49. The minimum atomic E-state index is 0.442. The largest absolute Gasteiger partial charge is 0.496 e. The quantitative estimate of drug-likeness (QED) is 0.868. The number of methoxy groups -OCH3 is 1. The van der Waals surface area contributed by atoms with Crippen LogP contribution in [0.15, 0.2) is 36.7 Å². The van der Waals surface area contributed by atoms with Gasteiger partial charge in [-0.05, 0) is 38.6 Å². The van der Waals surface area contributed by atoms with Gasteiger partial charge >= 0.3 is 0 Å². The van der Waals surface area contributed by atoms with E-state index >= 15 is 0 Å². The van der Waals surface area contributed by atoms with Crippen LogP contribution in [-0.2, 0) is 0 Å². The molecule has 1 aromatic heterocycles. The first-order valence-corrected chi connectivity index (χ1v) is 7.42. The van der Waals surface area contributed by atoms with Gasteiger partial charge in [-0.25, -0.2) is 0 Å². The molecule has 0 saturated carbocycles. The molecular formula is C17H21N3O. The van der Waals surface area contributed by atoms with Crippen molar-refractivity contribution in [1.29, 1.82) is 0 Å². The van der Waals surface area contributed by atoms with Crippen LogP contribution < -0.4 is 4.74 Å². The summed E-state index contributed by atoms with van der Waals surface area (Å²) in [7, 11) is 3.87. The topological polar surface area (TPSA) is 38.3 Å². The van der Waals surface area contributed by atoms with E-state index in [2.05, 4.69) is 28.0 Å². The van der Waals surface area contributed by atoms with Crippen LogP contribution in [0.3, 0.4) is 0 Å². The predicted octanol–water partition coefficient (Wildman–Crippen LogP) is 2.96. The third-order valence-corrected chi connectivity index (χ3v) is 4.10. The Morgan fingerprint density at radius 1 is 1.19 bits per heavy atom. The zero-order chi connectivity index (χ0) is 14.7. The van der Waals surface area contributed by atoms with Crippen LogP contribution >= 0.6 is 0 Å². The summed E-state index contributed by atoms with van der Waals surface area (Å²) in [6, 6.07) is 8.02. The summed E-state index contributed by atoms with van der Waals surface area (Å²) in [6.45, 7) is 2.21. The molecule has 1 saturated heterocycles. The monoisotopic (exact) mass is 283 g/mol. The van der Waals surface area contributed by atoms with Crippen LogP contribution in [0.5, 0.6) is 5.75 Å². The lowest BCUT2D eigenvalue weighted by Gasteiger charge is -2.30. The molecule has 1 fully saturated rings. The summed E-state index contributed by atoms with van der Waals surface area (Å²) in [4.78, 5) is 11.6. The van der Waals surface area contributed by atoms with Crippen LogP contribution in [0.1, 0.15) is 24.5 Å². The number of ether oxygens (including phenoxy) is 1. The molecule has 2 heterocycles. The van der Waals surface area contributed by atoms with Crippen molar-refractivity contribution in [2.45, 2.75) is 18.8 Å². The van der Waals surface area contributed by atoms with Crippen LogP contribution in [-0.4, -0.2) is 42.1 Å². The number of para-hydroxylation sites is 1. The van der Waals surface area contributed by atoms with Crippen molar-refractivity contribution >= 4 is 0 Å². The second kappa shape index (κ2) is 6.22. The minimum absolute atomic E-state index is 0.442. The summed E-state index contributed by atoms with van der Waals surface area (Å²) >= 11 is 0. The van der Waals surface area contributed by atoms with E-state index in [0.717, 1.165) is 29.2 Å². The second-order valence-electron chi connectivity index (χ2n) is 5.59. The van der Waals surface area contributed by atoms with Crippen LogP contribution in [0, 0.1) is 0 Å². The van der Waals surface area contributed by atoms with E-state index in [0.29, 0.717) is 5.92 Å². The van der Waals surface area contributed by atoms with Gasteiger partial charge in [0.2, 0.25) is 0 Å². The lowest BCUT2D eigenvalue weighted by molar-refractivity contribution is 0.248. The van der Waals surface area contributed by atoms with Crippen molar-refractivity contribution in [1.82, 2.24) is 14.9 Å². The average Bonchev–Trinajstić information content (AvgIpc) is 2.55. The maximum Gasteiger partial charge on any atom is 0.128 e. The highest BCUT2D eigenvalue weighted by molar-refractivity contribution is 5.69. The molecule has 1 aromatic carbocycles. The number of rotatable bonds is 3. The van der Waals surface area contributed by atoms with E-state index in [1.54, 1.807) is 19.5 Å². The Morgan fingerprint density at radius 2 is 2.00 bits per heavy atom. The Kier molecular flexibility index (Phi) is 4.15. The zero-order valence-corrected chi connectivity index (χ0v) is 12.6. The maximum absolute atomic E-state index is 5.49. The highest BCUT2D eigenvalue weighted by Gasteiger charge is 2.24. The molecule has 0 unspecified atom stereocenters. The Labute approximate surface area is 125 Å². The molecule has 0 N–H and O–H groups in total. The summed E-state index contributed by atoms with van der Waals surface area (Å²) < 4.78 is 5.49. The first kappa shape index (κ1) is 14.0. The molecule has 0 amide bonds. The first-order chi connectivity index (χ1) is 10.3. The molecule has 21 heavy (non-hydrogen) atoms. The molecular weight excluding hydrogens is 262 g/mol. The highest BCUT2D eigenvalue weighted by Crippen LogP contribution is 2.35. The van der Waals surface area contributed by atoms with E-state index in [9.17, 15) is 0 Å². The van der Waals surface area contributed by atoms with Crippen molar-refractivity contribution in [3.63, 3.8) is 0 Å². The standard InChI is InChI=1S/C17H21N3O/c1-20-11-5-6-13(12-20)16-17(19-10-9-18-16)14-7-3-4-8-15(14)21-2/h3-4,7-10,13H,5-6,11-12H2,1-2H3/t13-/m0/s1. The zero-order valence-electron chi connectivity index (χ0n) is 12.6. The molecule has 0 aliphatic carbocycles. The number of piperidine rings is 1. The number of hydrogen-bond acceptors (Lipinski definition) is 4. The third-order valence-electron chi connectivity index (χ3n) is 4.10. The molecule has 1 atom stereocenters. The Balaban J connectivity index is 2.03. The SMILES string of the molecule is COc1ccccc1-c1nccnc1[C@H]1CCCN(C)C1. The predicted molar refractivity (Wildman–Crippen MR) is 83.5 cm³/mol. The van der Waals surface area contributed by atoms with Crippen molar-refractivity contribution in [3.8, 4) is 17.0 Å². The highest BCUT2D eigenvalue weighted by atomic mass is 16.5. The fraction of sp³-hybridized carbons (Fsp3) is 0.412. The molecule has 1 aliphatic rings. The molecule has 110 valence electrons. The van der Waals surface area contributed by atoms with Crippen LogP contribution in [0.2, 0.25) is 0 Å². The Morgan fingerprint density at radius 3 is 2.81 bits per heavy atom. The molecule has 2 aromatic rings. The summed E-state index contributed by atoms with van der Waals surface area (Å²) in [6.07, 6.45) is 5.94. The van der Waals surface area contributed by atoms with Crippen LogP contribution in [0.25, 0.3) is 11.3 Å². The second-order valence-corrected chi connectivity index (χ2v) is 5.59. The number of likely N-dealkylation sites (tertiary alicyclic amines) is 1. The van der Waals surface area contributed by atoms with Gasteiger partial charge in [0.05, 0.1) is 18.5 Å². The van der Waals surface area contributed by atoms with Gasteiger partial charge in [0, 0.05) is 30.4 Å². The molecule has 4 nitrogen and oxygen atoms in total. The number of benzene rings is 1. The molecule has 0 radical (unpaired) electrons. The summed E-state index contributed by atoms with van der Waals surface area (Å²) in [5.74, 6) is 1.29. The third kappa shape index (κ3) is 2.90. The number of hydrogen-bond donors (Lipinski definition) is 0. The van der Waals surface area contributed by atoms with Crippen molar-refractivity contribution in [3.05, 3.63) is 42.4 Å². The lowest BCUT2D eigenvalue weighted by Crippen LogP contribution is -2.31. The average molecular weight is 283 g/mol. The van der Waals surface area contributed by atoms with Gasteiger partial charge in [0.1, 0.15) is 5.75 Å². The molecule has 0 bridgehead atoms. The molecule has 1 aliphatic heterocycles. The normalized spacial score (nSPS) is 19.4.